The third kappa shape index (κ3) is 6.29. The van der Waals surface area contributed by atoms with Crippen molar-refractivity contribution in [3.05, 3.63) is 35.4 Å². The van der Waals surface area contributed by atoms with Crippen LogP contribution in [0, 0.1) is 11.3 Å². The Morgan fingerprint density at radius 2 is 1.68 bits per heavy atom. The number of hydrogen-bond acceptors (Lipinski definition) is 2. The molecule has 0 radical (unpaired) electrons. The van der Waals surface area contributed by atoms with E-state index in [0.717, 1.165) is 12.0 Å². The van der Waals surface area contributed by atoms with Gasteiger partial charge in [0.1, 0.15) is 0 Å². The fourth-order valence-corrected chi connectivity index (χ4v) is 2.13. The topological polar surface area (TPSA) is 66.4 Å². The summed E-state index contributed by atoms with van der Waals surface area (Å²) in [5.74, 6) is -0.299. The molecule has 0 fully saturated rings. The Balaban J connectivity index is 2.40. The van der Waals surface area contributed by atoms with Gasteiger partial charge >= 0.3 is 5.97 Å². The molecule has 0 aliphatic heterocycles. The largest absolute Gasteiger partial charge is 0.481 e. The lowest BCUT2D eigenvalue weighted by molar-refractivity contribution is -0.147. The molecule has 0 heterocycles. The fraction of sp³-hybridized carbons (Fsp3) is 0.556. The summed E-state index contributed by atoms with van der Waals surface area (Å²) in [6.45, 7) is 8.06. The number of carboxylic acids is 1. The number of carbonyl (C=O) groups excluding carboxylic acids is 1. The SMILES string of the molecule is CC(C)Cc1ccc(CC(=O)NCCC(C)(C)C(=O)O)cc1. The summed E-state index contributed by atoms with van der Waals surface area (Å²) in [6.07, 6.45) is 1.79. The Morgan fingerprint density at radius 1 is 1.14 bits per heavy atom. The van der Waals surface area contributed by atoms with Gasteiger partial charge in [-0.25, -0.2) is 0 Å². The smallest absolute Gasteiger partial charge is 0.309 e. The highest BCUT2D eigenvalue weighted by molar-refractivity contribution is 5.78. The van der Waals surface area contributed by atoms with Gasteiger partial charge in [0.25, 0.3) is 0 Å². The van der Waals surface area contributed by atoms with Crippen LogP contribution in [0.5, 0.6) is 0 Å². The first-order chi connectivity index (χ1) is 10.2. The third-order valence-corrected chi connectivity index (χ3v) is 3.68. The molecule has 22 heavy (non-hydrogen) atoms. The molecule has 1 aromatic rings. The lowest BCUT2D eigenvalue weighted by Crippen LogP contribution is -2.32. The summed E-state index contributed by atoms with van der Waals surface area (Å²) >= 11 is 0. The molecule has 4 heteroatoms. The number of benzene rings is 1. The second-order valence-electron chi connectivity index (χ2n) is 6.88. The first-order valence-electron chi connectivity index (χ1n) is 7.78. The van der Waals surface area contributed by atoms with Crippen molar-refractivity contribution in [2.45, 2.75) is 47.0 Å². The number of aliphatic carboxylic acids is 1. The van der Waals surface area contributed by atoms with Crippen LogP contribution in [0.4, 0.5) is 0 Å². The maximum atomic E-state index is 11.9. The van der Waals surface area contributed by atoms with Crippen LogP contribution in [-0.2, 0) is 22.4 Å². The van der Waals surface area contributed by atoms with Crippen molar-refractivity contribution in [1.29, 1.82) is 0 Å². The van der Waals surface area contributed by atoms with Crippen molar-refractivity contribution < 1.29 is 14.7 Å². The van der Waals surface area contributed by atoms with Gasteiger partial charge in [0.05, 0.1) is 11.8 Å². The fourth-order valence-electron chi connectivity index (χ4n) is 2.13. The van der Waals surface area contributed by atoms with Crippen LogP contribution in [0.2, 0.25) is 0 Å². The molecule has 0 saturated carbocycles. The molecule has 2 N–H and O–H groups in total. The van der Waals surface area contributed by atoms with Crippen LogP contribution in [0.1, 0.15) is 45.2 Å². The number of amides is 1. The van der Waals surface area contributed by atoms with Gasteiger partial charge in [0.15, 0.2) is 0 Å². The maximum absolute atomic E-state index is 11.9. The van der Waals surface area contributed by atoms with Gasteiger partial charge in [0.2, 0.25) is 5.91 Å². The summed E-state index contributed by atoms with van der Waals surface area (Å²) in [5, 5.41) is 11.8. The predicted molar refractivity (Wildman–Crippen MR) is 87.7 cm³/mol. The summed E-state index contributed by atoms with van der Waals surface area (Å²) in [6, 6.07) is 8.10. The average Bonchev–Trinajstić information content (AvgIpc) is 2.40. The van der Waals surface area contributed by atoms with E-state index in [-0.39, 0.29) is 5.91 Å². The highest BCUT2D eigenvalue weighted by atomic mass is 16.4. The molecule has 0 aliphatic carbocycles. The molecule has 0 atom stereocenters. The predicted octanol–water partition coefficient (Wildman–Crippen LogP) is 3.04. The van der Waals surface area contributed by atoms with Crippen molar-refractivity contribution in [3.63, 3.8) is 0 Å². The number of hydrogen-bond donors (Lipinski definition) is 2. The number of nitrogens with one attached hydrogen (secondary N) is 1. The number of rotatable bonds is 8. The van der Waals surface area contributed by atoms with Crippen LogP contribution < -0.4 is 5.32 Å². The van der Waals surface area contributed by atoms with Crippen molar-refractivity contribution in [3.8, 4) is 0 Å². The molecular weight excluding hydrogens is 278 g/mol. The molecule has 0 spiro atoms. The van der Waals surface area contributed by atoms with Crippen molar-refractivity contribution in [2.75, 3.05) is 6.54 Å². The van der Waals surface area contributed by atoms with E-state index in [1.807, 2.05) is 12.1 Å². The van der Waals surface area contributed by atoms with Crippen molar-refractivity contribution in [2.24, 2.45) is 11.3 Å². The van der Waals surface area contributed by atoms with Crippen LogP contribution in [0.15, 0.2) is 24.3 Å². The minimum Gasteiger partial charge on any atom is -0.481 e. The molecule has 0 unspecified atom stereocenters. The lowest BCUT2D eigenvalue weighted by atomic mass is 9.90. The summed E-state index contributed by atoms with van der Waals surface area (Å²) in [7, 11) is 0. The Kier molecular flexibility index (Phi) is 6.60. The standard InChI is InChI=1S/C18H27NO3/c1-13(2)11-14-5-7-15(8-6-14)12-16(20)19-10-9-18(3,4)17(21)22/h5-8,13H,9-12H2,1-4H3,(H,19,20)(H,21,22). The van der Waals surface area contributed by atoms with E-state index in [4.69, 9.17) is 5.11 Å². The van der Waals surface area contributed by atoms with E-state index in [9.17, 15) is 9.59 Å². The Labute approximate surface area is 132 Å². The Bertz CT molecular complexity index is 504. The van der Waals surface area contributed by atoms with Gasteiger partial charge < -0.3 is 10.4 Å². The zero-order valence-corrected chi connectivity index (χ0v) is 14.0. The third-order valence-electron chi connectivity index (χ3n) is 3.68. The second kappa shape index (κ2) is 7.97. The highest BCUT2D eigenvalue weighted by Crippen LogP contribution is 2.19. The van der Waals surface area contributed by atoms with Gasteiger partial charge in [0, 0.05) is 6.54 Å². The van der Waals surface area contributed by atoms with Crippen molar-refractivity contribution >= 4 is 11.9 Å². The minimum atomic E-state index is -0.845. The molecule has 1 aromatic carbocycles. The van der Waals surface area contributed by atoms with Gasteiger partial charge in [-0.3, -0.25) is 9.59 Å². The van der Waals surface area contributed by atoms with Gasteiger partial charge in [-0.2, -0.15) is 0 Å². The molecule has 122 valence electrons. The van der Waals surface area contributed by atoms with Crippen LogP contribution in [-0.4, -0.2) is 23.5 Å². The zero-order chi connectivity index (χ0) is 16.8. The van der Waals surface area contributed by atoms with E-state index in [2.05, 4.69) is 31.3 Å². The first kappa shape index (κ1) is 18.2. The number of carboxylic acid groups (broad SMARTS) is 1. The minimum absolute atomic E-state index is 0.0715. The summed E-state index contributed by atoms with van der Waals surface area (Å²) in [4.78, 5) is 22.9. The monoisotopic (exact) mass is 305 g/mol. The molecule has 1 rings (SSSR count). The number of carbonyl (C=O) groups is 2. The molecule has 1 amide bonds. The molecular formula is C18H27NO3. The Hall–Kier alpha value is -1.84. The molecule has 0 aromatic heterocycles. The quantitative estimate of drug-likeness (QED) is 0.776. The normalized spacial score (nSPS) is 11.5. The van der Waals surface area contributed by atoms with Gasteiger partial charge in [-0.1, -0.05) is 38.1 Å². The Morgan fingerprint density at radius 3 is 2.18 bits per heavy atom. The zero-order valence-electron chi connectivity index (χ0n) is 14.0. The van der Waals surface area contributed by atoms with E-state index in [1.54, 1.807) is 13.8 Å². The van der Waals surface area contributed by atoms with Gasteiger partial charge in [-0.15, -0.1) is 0 Å². The van der Waals surface area contributed by atoms with E-state index in [0.29, 0.717) is 25.3 Å². The lowest BCUT2D eigenvalue weighted by Gasteiger charge is -2.18. The second-order valence-corrected chi connectivity index (χ2v) is 6.88. The van der Waals surface area contributed by atoms with Crippen LogP contribution in [0.3, 0.4) is 0 Å². The van der Waals surface area contributed by atoms with Crippen LogP contribution in [0.25, 0.3) is 0 Å². The molecule has 4 nitrogen and oxygen atoms in total. The summed E-state index contributed by atoms with van der Waals surface area (Å²) < 4.78 is 0. The molecule has 0 saturated heterocycles. The first-order valence-corrected chi connectivity index (χ1v) is 7.78. The van der Waals surface area contributed by atoms with Crippen molar-refractivity contribution in [1.82, 2.24) is 5.32 Å². The highest BCUT2D eigenvalue weighted by Gasteiger charge is 2.26. The summed E-state index contributed by atoms with van der Waals surface area (Å²) in [5.41, 5.74) is 1.44. The van der Waals surface area contributed by atoms with E-state index >= 15 is 0 Å². The average molecular weight is 305 g/mol. The maximum Gasteiger partial charge on any atom is 0.309 e. The van der Waals surface area contributed by atoms with E-state index in [1.165, 1.54) is 5.56 Å². The molecule has 0 bridgehead atoms. The van der Waals surface area contributed by atoms with Crippen LogP contribution >= 0.6 is 0 Å². The van der Waals surface area contributed by atoms with E-state index < -0.39 is 11.4 Å². The molecule has 0 aliphatic rings. The van der Waals surface area contributed by atoms with Gasteiger partial charge in [-0.05, 0) is 43.7 Å².